The van der Waals surface area contributed by atoms with E-state index < -0.39 is 12.1 Å². The first kappa shape index (κ1) is 16.9. The number of Topliss-reactive ketones (excluding diaryl/α,β-unsaturated/α-hetero) is 1. The number of benzene rings is 3. The molecular formula is C22H20O3. The number of rotatable bonds is 5. The minimum atomic E-state index is -0.827. The van der Waals surface area contributed by atoms with Crippen molar-refractivity contribution in [3.8, 4) is 0 Å². The van der Waals surface area contributed by atoms with Crippen molar-refractivity contribution in [3.05, 3.63) is 83.4 Å². The van der Waals surface area contributed by atoms with Crippen molar-refractivity contribution in [1.29, 1.82) is 0 Å². The standard InChI is InChI=1S/C22H20O3/c1-3-16-8-10-18(11-9-16)21(23)15(2)25-22(24)20-13-12-17-6-4-5-7-19(17)14-20/h4-15H,3H2,1-2H3/t15-/m1/s1. The van der Waals surface area contributed by atoms with Crippen LogP contribution in [0, 0.1) is 0 Å². The summed E-state index contributed by atoms with van der Waals surface area (Å²) in [5.41, 5.74) is 2.16. The highest BCUT2D eigenvalue weighted by Crippen LogP contribution is 2.17. The molecule has 0 heterocycles. The lowest BCUT2D eigenvalue weighted by atomic mass is 10.0. The SMILES string of the molecule is CCc1ccc(C(=O)[C@@H](C)OC(=O)c2ccc3ccccc3c2)cc1. The van der Waals surface area contributed by atoms with E-state index in [0.29, 0.717) is 11.1 Å². The van der Waals surface area contributed by atoms with E-state index in [1.807, 2.05) is 42.5 Å². The van der Waals surface area contributed by atoms with Gasteiger partial charge in [-0.15, -0.1) is 0 Å². The monoisotopic (exact) mass is 332 g/mol. The van der Waals surface area contributed by atoms with Gasteiger partial charge in [-0.05, 0) is 41.8 Å². The number of fused-ring (bicyclic) bond motifs is 1. The predicted molar refractivity (Wildman–Crippen MR) is 99.0 cm³/mol. The number of carbonyl (C=O) groups is 2. The molecule has 0 fully saturated rings. The van der Waals surface area contributed by atoms with Gasteiger partial charge in [0.25, 0.3) is 0 Å². The maximum absolute atomic E-state index is 12.4. The van der Waals surface area contributed by atoms with Gasteiger partial charge in [-0.3, -0.25) is 4.79 Å². The lowest BCUT2D eigenvalue weighted by Crippen LogP contribution is -2.24. The number of carbonyl (C=O) groups excluding carboxylic acids is 2. The van der Waals surface area contributed by atoms with Gasteiger partial charge in [-0.25, -0.2) is 4.79 Å². The van der Waals surface area contributed by atoms with Crippen molar-refractivity contribution in [2.24, 2.45) is 0 Å². The third-order valence-electron chi connectivity index (χ3n) is 4.28. The predicted octanol–water partition coefficient (Wildman–Crippen LogP) is 4.83. The van der Waals surface area contributed by atoms with E-state index in [9.17, 15) is 9.59 Å². The Balaban J connectivity index is 1.72. The molecule has 0 spiro atoms. The van der Waals surface area contributed by atoms with E-state index in [1.54, 1.807) is 31.2 Å². The summed E-state index contributed by atoms with van der Waals surface area (Å²) in [6, 6.07) is 20.6. The first-order chi connectivity index (χ1) is 12.1. The normalized spacial score (nSPS) is 11.9. The van der Waals surface area contributed by atoms with E-state index in [0.717, 1.165) is 22.8 Å². The average Bonchev–Trinajstić information content (AvgIpc) is 2.67. The molecule has 0 saturated carbocycles. The zero-order valence-corrected chi connectivity index (χ0v) is 14.4. The molecule has 3 aromatic carbocycles. The summed E-state index contributed by atoms with van der Waals surface area (Å²) in [6.45, 7) is 3.67. The molecule has 3 aromatic rings. The van der Waals surface area contributed by atoms with Crippen LogP contribution < -0.4 is 0 Å². The molecule has 0 aromatic heterocycles. The van der Waals surface area contributed by atoms with Gasteiger partial charge in [0.2, 0.25) is 5.78 Å². The summed E-state index contributed by atoms with van der Waals surface area (Å²) in [4.78, 5) is 24.8. The van der Waals surface area contributed by atoms with E-state index in [-0.39, 0.29) is 5.78 Å². The summed E-state index contributed by atoms with van der Waals surface area (Å²) in [5, 5.41) is 2.02. The molecular weight excluding hydrogens is 312 g/mol. The van der Waals surface area contributed by atoms with Crippen molar-refractivity contribution in [1.82, 2.24) is 0 Å². The maximum Gasteiger partial charge on any atom is 0.338 e. The van der Waals surface area contributed by atoms with Crippen LogP contribution in [0.2, 0.25) is 0 Å². The number of ketones is 1. The molecule has 126 valence electrons. The molecule has 1 atom stereocenters. The molecule has 3 heteroatoms. The third kappa shape index (κ3) is 3.77. The molecule has 0 unspecified atom stereocenters. The maximum atomic E-state index is 12.4. The first-order valence-corrected chi connectivity index (χ1v) is 8.41. The van der Waals surface area contributed by atoms with Crippen molar-refractivity contribution in [3.63, 3.8) is 0 Å². The first-order valence-electron chi connectivity index (χ1n) is 8.41. The molecule has 25 heavy (non-hydrogen) atoms. The molecule has 0 amide bonds. The van der Waals surface area contributed by atoms with E-state index in [2.05, 4.69) is 6.92 Å². The van der Waals surface area contributed by atoms with Crippen LogP contribution in [0.25, 0.3) is 10.8 Å². The Labute approximate surface area is 147 Å². The van der Waals surface area contributed by atoms with Gasteiger partial charge >= 0.3 is 5.97 Å². The minimum Gasteiger partial charge on any atom is -0.451 e. The lowest BCUT2D eigenvalue weighted by Gasteiger charge is -2.13. The second kappa shape index (κ2) is 7.31. The van der Waals surface area contributed by atoms with Gasteiger partial charge in [0, 0.05) is 5.56 Å². The van der Waals surface area contributed by atoms with Crippen LogP contribution in [0.15, 0.2) is 66.7 Å². The summed E-state index contributed by atoms with van der Waals surface area (Å²) in [6.07, 6.45) is 0.0903. The van der Waals surface area contributed by atoms with Gasteiger partial charge < -0.3 is 4.74 Å². The number of aryl methyl sites for hydroxylation is 1. The summed E-state index contributed by atoms with van der Waals surface area (Å²) < 4.78 is 5.37. The fraction of sp³-hybridized carbons (Fsp3) is 0.182. The van der Waals surface area contributed by atoms with Crippen LogP contribution >= 0.6 is 0 Å². The average molecular weight is 332 g/mol. The second-order valence-electron chi connectivity index (χ2n) is 6.02. The van der Waals surface area contributed by atoms with Crippen molar-refractivity contribution >= 4 is 22.5 Å². The highest BCUT2D eigenvalue weighted by atomic mass is 16.5. The molecule has 3 nitrogen and oxygen atoms in total. The topological polar surface area (TPSA) is 43.4 Å². The van der Waals surface area contributed by atoms with Crippen LogP contribution in [-0.4, -0.2) is 17.9 Å². The van der Waals surface area contributed by atoms with Gasteiger partial charge in [-0.2, -0.15) is 0 Å². The van der Waals surface area contributed by atoms with Crippen molar-refractivity contribution < 1.29 is 14.3 Å². The Morgan fingerprint density at radius 2 is 1.52 bits per heavy atom. The molecule has 0 aliphatic carbocycles. The molecule has 3 rings (SSSR count). The fourth-order valence-corrected chi connectivity index (χ4v) is 2.74. The summed E-state index contributed by atoms with van der Waals surface area (Å²) in [7, 11) is 0. The van der Waals surface area contributed by atoms with Gasteiger partial charge in [0.05, 0.1) is 5.56 Å². The lowest BCUT2D eigenvalue weighted by molar-refractivity contribution is 0.0319. The zero-order chi connectivity index (χ0) is 17.8. The van der Waals surface area contributed by atoms with Crippen LogP contribution in [0.4, 0.5) is 0 Å². The Morgan fingerprint density at radius 3 is 2.20 bits per heavy atom. The third-order valence-corrected chi connectivity index (χ3v) is 4.28. The Bertz CT molecular complexity index is 910. The molecule has 0 N–H and O–H groups in total. The van der Waals surface area contributed by atoms with Gasteiger partial charge in [-0.1, -0.05) is 61.5 Å². The highest BCUT2D eigenvalue weighted by molar-refractivity contribution is 6.02. The van der Waals surface area contributed by atoms with Crippen LogP contribution in [0.1, 0.15) is 40.1 Å². The number of esters is 1. The van der Waals surface area contributed by atoms with Crippen molar-refractivity contribution in [2.75, 3.05) is 0 Å². The molecule has 0 bridgehead atoms. The second-order valence-corrected chi connectivity index (χ2v) is 6.02. The van der Waals surface area contributed by atoms with Crippen LogP contribution in [-0.2, 0) is 11.2 Å². The van der Waals surface area contributed by atoms with E-state index >= 15 is 0 Å². The quantitative estimate of drug-likeness (QED) is 0.496. The minimum absolute atomic E-state index is 0.197. The number of hydrogen-bond donors (Lipinski definition) is 0. The van der Waals surface area contributed by atoms with Crippen LogP contribution in [0.5, 0.6) is 0 Å². The van der Waals surface area contributed by atoms with E-state index in [4.69, 9.17) is 4.74 Å². The Morgan fingerprint density at radius 1 is 0.880 bits per heavy atom. The summed E-state index contributed by atoms with van der Waals surface area (Å²) in [5.74, 6) is -0.687. The molecule has 0 radical (unpaired) electrons. The van der Waals surface area contributed by atoms with Gasteiger partial charge in [0.1, 0.15) is 0 Å². The van der Waals surface area contributed by atoms with Crippen molar-refractivity contribution in [2.45, 2.75) is 26.4 Å². The fourth-order valence-electron chi connectivity index (χ4n) is 2.74. The zero-order valence-electron chi connectivity index (χ0n) is 14.4. The van der Waals surface area contributed by atoms with Gasteiger partial charge in [0.15, 0.2) is 6.10 Å². The number of ether oxygens (including phenoxy) is 1. The van der Waals surface area contributed by atoms with Crippen LogP contribution in [0.3, 0.4) is 0 Å². The Kier molecular flexibility index (Phi) is 4.94. The smallest absolute Gasteiger partial charge is 0.338 e. The number of hydrogen-bond acceptors (Lipinski definition) is 3. The highest BCUT2D eigenvalue weighted by Gasteiger charge is 2.20. The molecule has 0 aliphatic heterocycles. The molecule has 0 aliphatic rings. The summed E-state index contributed by atoms with van der Waals surface area (Å²) >= 11 is 0. The Hall–Kier alpha value is -2.94. The molecule has 0 saturated heterocycles. The van der Waals surface area contributed by atoms with E-state index in [1.165, 1.54) is 0 Å². The largest absolute Gasteiger partial charge is 0.451 e.